The molecule has 1 aliphatic carbocycles. The molecule has 1 aromatic heterocycles. The van der Waals surface area contributed by atoms with Gasteiger partial charge in [0, 0.05) is 35.1 Å². The van der Waals surface area contributed by atoms with Gasteiger partial charge in [0.15, 0.2) is 0 Å². The molecule has 4 nitrogen and oxygen atoms in total. The predicted molar refractivity (Wildman–Crippen MR) is 88.7 cm³/mol. The maximum absolute atomic E-state index is 12.9. The van der Waals surface area contributed by atoms with Crippen LogP contribution in [0.5, 0.6) is 5.75 Å². The van der Waals surface area contributed by atoms with Gasteiger partial charge in [-0.15, -0.1) is 0 Å². The third-order valence-corrected chi connectivity index (χ3v) is 6.65. The number of hydrogen-bond donors (Lipinski definition) is 1. The van der Waals surface area contributed by atoms with Crippen molar-refractivity contribution in [1.29, 1.82) is 0 Å². The van der Waals surface area contributed by atoms with Gasteiger partial charge in [0.1, 0.15) is 5.75 Å². The van der Waals surface area contributed by atoms with Gasteiger partial charge in [0.2, 0.25) is 5.91 Å². The number of fused-ring (bicyclic) bond motifs is 5. The van der Waals surface area contributed by atoms with Crippen LogP contribution in [-0.4, -0.2) is 35.5 Å². The Morgan fingerprint density at radius 1 is 1.35 bits per heavy atom. The number of ether oxygens (including phenoxy) is 1. The molecule has 3 atom stereocenters. The third-order valence-electron chi connectivity index (χ3n) is 6.65. The zero-order valence-electron chi connectivity index (χ0n) is 13.8. The minimum absolute atomic E-state index is 0.219. The quantitative estimate of drug-likeness (QED) is 0.880. The Hall–Kier alpha value is -1.97. The van der Waals surface area contributed by atoms with E-state index in [1.165, 1.54) is 17.7 Å². The van der Waals surface area contributed by atoms with Crippen LogP contribution < -0.4 is 4.74 Å². The Kier molecular flexibility index (Phi) is 2.40. The average molecular weight is 310 g/mol. The molecule has 3 unspecified atom stereocenters. The number of carbonyl (C=O) groups excluding carboxylic acids is 1. The first kappa shape index (κ1) is 13.5. The summed E-state index contributed by atoms with van der Waals surface area (Å²) in [7, 11) is 1.69. The van der Waals surface area contributed by atoms with E-state index in [1.54, 1.807) is 7.11 Å². The lowest BCUT2D eigenvalue weighted by Crippen LogP contribution is -2.42. The highest BCUT2D eigenvalue weighted by molar-refractivity contribution is 5.92. The summed E-state index contributed by atoms with van der Waals surface area (Å²) in [5.74, 6) is 2.21. The zero-order chi connectivity index (χ0) is 15.9. The SMILES string of the molecule is COc1ccc2[nH]c3c(c2c1)CC(=O)N1CC2CC3C1C2(C)C. The van der Waals surface area contributed by atoms with Crippen molar-refractivity contribution in [3.63, 3.8) is 0 Å². The molecule has 0 radical (unpaired) electrons. The van der Waals surface area contributed by atoms with E-state index < -0.39 is 0 Å². The van der Waals surface area contributed by atoms with Gasteiger partial charge in [0.05, 0.1) is 13.5 Å². The van der Waals surface area contributed by atoms with Crippen LogP contribution in [0.2, 0.25) is 0 Å². The molecule has 3 heterocycles. The molecule has 2 aromatic rings. The molecule has 1 amide bonds. The van der Waals surface area contributed by atoms with Crippen molar-refractivity contribution >= 4 is 16.8 Å². The van der Waals surface area contributed by atoms with Gasteiger partial charge in [-0.05, 0) is 41.5 Å². The lowest BCUT2D eigenvalue weighted by atomic mass is 9.82. The molecular formula is C19H22N2O2. The van der Waals surface area contributed by atoms with Crippen molar-refractivity contribution in [2.24, 2.45) is 11.3 Å². The molecule has 2 fully saturated rings. The van der Waals surface area contributed by atoms with E-state index in [9.17, 15) is 4.79 Å². The Bertz CT molecular complexity index is 835. The van der Waals surface area contributed by atoms with Crippen molar-refractivity contribution in [3.05, 3.63) is 29.5 Å². The highest BCUT2D eigenvalue weighted by Crippen LogP contribution is 2.59. The predicted octanol–water partition coefficient (Wildman–Crippen LogP) is 3.07. The smallest absolute Gasteiger partial charge is 0.227 e. The lowest BCUT2D eigenvalue weighted by molar-refractivity contribution is -0.132. The molecule has 2 aliphatic heterocycles. The molecule has 120 valence electrons. The van der Waals surface area contributed by atoms with E-state index in [0.717, 1.165) is 23.2 Å². The minimum atomic E-state index is 0.219. The molecule has 1 aromatic carbocycles. The second kappa shape index (κ2) is 4.11. The number of nitrogens with zero attached hydrogens (tertiary/aromatic N) is 1. The summed E-state index contributed by atoms with van der Waals surface area (Å²) in [6.45, 7) is 5.62. The maximum atomic E-state index is 12.9. The highest BCUT2D eigenvalue weighted by atomic mass is 16.5. The van der Waals surface area contributed by atoms with Crippen LogP contribution in [0, 0.1) is 11.3 Å². The number of carbonyl (C=O) groups is 1. The van der Waals surface area contributed by atoms with Crippen LogP contribution in [0.1, 0.15) is 37.4 Å². The molecule has 3 aliphatic rings. The second-order valence-electron chi connectivity index (χ2n) is 7.96. The first-order valence-electron chi connectivity index (χ1n) is 8.48. The van der Waals surface area contributed by atoms with Gasteiger partial charge in [-0.3, -0.25) is 4.79 Å². The number of nitrogens with one attached hydrogen (secondary N) is 1. The minimum Gasteiger partial charge on any atom is -0.497 e. The summed E-state index contributed by atoms with van der Waals surface area (Å²) < 4.78 is 5.38. The highest BCUT2D eigenvalue weighted by Gasteiger charge is 2.60. The average Bonchev–Trinajstić information content (AvgIpc) is 3.09. The number of amides is 1. The molecule has 1 N–H and O–H groups in total. The van der Waals surface area contributed by atoms with Gasteiger partial charge >= 0.3 is 0 Å². The van der Waals surface area contributed by atoms with Crippen LogP contribution in [0.25, 0.3) is 10.9 Å². The van der Waals surface area contributed by atoms with Crippen LogP contribution in [0.4, 0.5) is 0 Å². The number of H-pyrrole nitrogens is 1. The standard InChI is InChI=1S/C19H22N2O2/c1-19(2)10-6-14-17-13(8-16(22)21(9-10)18(14)19)12-7-11(23-3)4-5-15(12)20-17/h4-5,7,10,14,18,20H,6,8-9H2,1-3H3. The van der Waals surface area contributed by atoms with Gasteiger partial charge in [0.25, 0.3) is 0 Å². The van der Waals surface area contributed by atoms with Crippen LogP contribution in [0.3, 0.4) is 0 Å². The Labute approximate surface area is 135 Å². The Morgan fingerprint density at radius 3 is 2.91 bits per heavy atom. The van der Waals surface area contributed by atoms with E-state index in [-0.39, 0.29) is 11.3 Å². The van der Waals surface area contributed by atoms with Crippen molar-refractivity contribution in [3.8, 4) is 5.75 Å². The molecule has 5 rings (SSSR count). The van der Waals surface area contributed by atoms with Gasteiger partial charge in [-0.2, -0.15) is 0 Å². The Morgan fingerprint density at radius 2 is 2.17 bits per heavy atom. The number of benzene rings is 1. The first-order chi connectivity index (χ1) is 11.0. The van der Waals surface area contributed by atoms with Gasteiger partial charge in [-0.1, -0.05) is 13.8 Å². The summed E-state index contributed by atoms with van der Waals surface area (Å²) in [6.07, 6.45) is 1.71. The monoisotopic (exact) mass is 310 g/mol. The summed E-state index contributed by atoms with van der Waals surface area (Å²) >= 11 is 0. The van der Waals surface area contributed by atoms with E-state index in [4.69, 9.17) is 4.74 Å². The normalized spacial score (nSPS) is 30.7. The molecule has 1 saturated carbocycles. The summed E-state index contributed by atoms with van der Waals surface area (Å²) in [5, 5.41) is 1.15. The second-order valence-corrected chi connectivity index (χ2v) is 7.96. The molecule has 0 spiro atoms. The van der Waals surface area contributed by atoms with Crippen molar-refractivity contribution in [2.45, 2.75) is 38.6 Å². The van der Waals surface area contributed by atoms with Crippen LogP contribution in [-0.2, 0) is 11.2 Å². The summed E-state index contributed by atoms with van der Waals surface area (Å²) in [4.78, 5) is 18.7. The van der Waals surface area contributed by atoms with E-state index in [2.05, 4.69) is 35.9 Å². The van der Waals surface area contributed by atoms with Crippen molar-refractivity contribution < 1.29 is 9.53 Å². The van der Waals surface area contributed by atoms with E-state index >= 15 is 0 Å². The van der Waals surface area contributed by atoms with Crippen LogP contribution in [0.15, 0.2) is 18.2 Å². The lowest BCUT2D eigenvalue weighted by Gasteiger charge is -2.33. The van der Waals surface area contributed by atoms with Crippen LogP contribution >= 0.6 is 0 Å². The van der Waals surface area contributed by atoms with Crippen molar-refractivity contribution in [1.82, 2.24) is 9.88 Å². The van der Waals surface area contributed by atoms with E-state index in [1.807, 2.05) is 6.07 Å². The molecule has 2 bridgehead atoms. The number of methoxy groups -OCH3 is 1. The Balaban J connectivity index is 1.74. The third kappa shape index (κ3) is 1.54. The number of aromatic amines is 1. The fraction of sp³-hybridized carbons (Fsp3) is 0.526. The van der Waals surface area contributed by atoms with E-state index in [0.29, 0.717) is 24.3 Å². The molecule has 4 heteroatoms. The number of piperidine rings is 1. The molecule has 1 saturated heterocycles. The number of hydrogen-bond acceptors (Lipinski definition) is 2. The van der Waals surface area contributed by atoms with Gasteiger partial charge < -0.3 is 14.6 Å². The first-order valence-corrected chi connectivity index (χ1v) is 8.48. The largest absolute Gasteiger partial charge is 0.497 e. The fourth-order valence-corrected chi connectivity index (χ4v) is 5.45. The zero-order valence-corrected chi connectivity index (χ0v) is 13.8. The van der Waals surface area contributed by atoms with Crippen molar-refractivity contribution in [2.75, 3.05) is 13.7 Å². The topological polar surface area (TPSA) is 45.3 Å². The number of aromatic nitrogens is 1. The summed E-state index contributed by atoms with van der Waals surface area (Å²) in [6, 6.07) is 6.47. The molecular weight excluding hydrogens is 288 g/mol. The fourth-order valence-electron chi connectivity index (χ4n) is 5.45. The van der Waals surface area contributed by atoms with Gasteiger partial charge in [-0.25, -0.2) is 0 Å². The molecule has 23 heavy (non-hydrogen) atoms. The number of rotatable bonds is 1. The summed E-state index contributed by atoms with van der Waals surface area (Å²) in [5.41, 5.74) is 3.83. The maximum Gasteiger partial charge on any atom is 0.227 e.